The van der Waals surface area contributed by atoms with Gasteiger partial charge in [0.25, 0.3) is 0 Å². The third kappa shape index (κ3) is 5.02. The molecule has 2 heterocycles. The molecule has 156 valence electrons. The molecule has 1 unspecified atom stereocenters. The Bertz CT molecular complexity index is 1010. The lowest BCUT2D eigenvalue weighted by Crippen LogP contribution is -2.30. The van der Waals surface area contributed by atoms with Gasteiger partial charge >= 0.3 is 0 Å². The van der Waals surface area contributed by atoms with Gasteiger partial charge in [-0.2, -0.15) is 4.98 Å². The van der Waals surface area contributed by atoms with Crippen LogP contribution in [0, 0.1) is 5.92 Å². The molecule has 0 saturated carbocycles. The van der Waals surface area contributed by atoms with Crippen molar-refractivity contribution < 1.29 is 18.8 Å². The Morgan fingerprint density at radius 1 is 1.20 bits per heavy atom. The summed E-state index contributed by atoms with van der Waals surface area (Å²) in [5, 5.41) is 6.93. The Morgan fingerprint density at radius 2 is 2.03 bits per heavy atom. The van der Waals surface area contributed by atoms with Gasteiger partial charge in [-0.15, -0.1) is 0 Å². The van der Waals surface area contributed by atoms with E-state index in [0.717, 1.165) is 11.1 Å². The molecule has 30 heavy (non-hydrogen) atoms. The molecule has 0 spiro atoms. The maximum atomic E-state index is 12.5. The van der Waals surface area contributed by atoms with Crippen LogP contribution in [0.2, 0.25) is 0 Å². The largest absolute Gasteiger partial charge is 0.497 e. The molecule has 1 atom stereocenters. The quantitative estimate of drug-likeness (QED) is 0.568. The second-order valence-corrected chi connectivity index (χ2v) is 6.87. The minimum atomic E-state index is -0.433. The Labute approximate surface area is 174 Å². The van der Waals surface area contributed by atoms with Crippen LogP contribution in [-0.4, -0.2) is 35.3 Å². The second kappa shape index (κ2) is 9.69. The van der Waals surface area contributed by atoms with Gasteiger partial charge < -0.3 is 19.3 Å². The van der Waals surface area contributed by atoms with E-state index in [1.54, 1.807) is 50.9 Å². The smallest absolute Gasteiger partial charge is 0.249 e. The van der Waals surface area contributed by atoms with Gasteiger partial charge in [0.1, 0.15) is 17.5 Å². The normalized spacial score (nSPS) is 12.2. The summed E-state index contributed by atoms with van der Waals surface area (Å²) in [6.45, 7) is 3.93. The Balaban J connectivity index is 1.74. The lowest BCUT2D eigenvalue weighted by Gasteiger charge is -2.17. The molecular weight excluding hydrogens is 384 g/mol. The molecule has 1 amide bonds. The fourth-order valence-electron chi connectivity index (χ4n) is 2.81. The van der Waals surface area contributed by atoms with E-state index < -0.39 is 6.04 Å². The summed E-state index contributed by atoms with van der Waals surface area (Å²) >= 11 is 0. The highest BCUT2D eigenvalue weighted by Gasteiger charge is 2.24. The zero-order valence-corrected chi connectivity index (χ0v) is 17.3. The predicted octanol–water partition coefficient (Wildman–Crippen LogP) is 3.68. The van der Waals surface area contributed by atoms with Gasteiger partial charge in [0.2, 0.25) is 17.6 Å². The van der Waals surface area contributed by atoms with E-state index in [9.17, 15) is 4.79 Å². The van der Waals surface area contributed by atoms with Crippen LogP contribution in [0.4, 0.5) is 0 Å². The summed E-state index contributed by atoms with van der Waals surface area (Å²) in [6.07, 6.45) is 6.45. The molecule has 2 aromatic heterocycles. The van der Waals surface area contributed by atoms with E-state index in [-0.39, 0.29) is 11.8 Å². The lowest BCUT2D eigenvalue weighted by atomic mass is 10.0. The maximum absolute atomic E-state index is 12.5. The number of carbonyl (C=O) groups excluding carboxylic acids is 1. The number of amides is 1. The number of rotatable bonds is 8. The molecule has 0 radical (unpaired) electrons. The van der Waals surface area contributed by atoms with Crippen LogP contribution in [0.15, 0.2) is 53.3 Å². The van der Waals surface area contributed by atoms with Crippen LogP contribution in [0.25, 0.3) is 17.5 Å². The molecule has 0 bridgehead atoms. The predicted molar refractivity (Wildman–Crippen MR) is 112 cm³/mol. The molecule has 0 aliphatic rings. The van der Waals surface area contributed by atoms with Crippen molar-refractivity contribution in [3.8, 4) is 22.9 Å². The number of hydrogen-bond donors (Lipinski definition) is 1. The summed E-state index contributed by atoms with van der Waals surface area (Å²) in [5.74, 6) is 1.81. The number of aromatic nitrogens is 3. The van der Waals surface area contributed by atoms with Crippen molar-refractivity contribution in [2.45, 2.75) is 19.9 Å². The molecule has 3 aromatic rings. The molecule has 3 rings (SSSR count). The zero-order valence-electron chi connectivity index (χ0n) is 17.3. The fraction of sp³-hybridized carbons (Fsp3) is 0.273. The van der Waals surface area contributed by atoms with E-state index in [0.29, 0.717) is 23.2 Å². The van der Waals surface area contributed by atoms with Crippen LogP contribution in [-0.2, 0) is 4.79 Å². The van der Waals surface area contributed by atoms with Crippen molar-refractivity contribution in [3.63, 3.8) is 0 Å². The first-order chi connectivity index (χ1) is 14.5. The first-order valence-corrected chi connectivity index (χ1v) is 9.46. The number of methoxy groups -OCH3 is 2. The molecule has 8 heteroatoms. The SMILES string of the molecule is COc1ccc(/C=C/C(=O)NC(c2nc(-c3cccnc3)no2)C(C)C)c(OC)c1. The van der Waals surface area contributed by atoms with Gasteiger partial charge in [0.05, 0.1) is 14.2 Å². The number of nitrogens with one attached hydrogen (secondary N) is 1. The second-order valence-electron chi connectivity index (χ2n) is 6.87. The number of ether oxygens (including phenoxy) is 2. The average molecular weight is 408 g/mol. The highest BCUT2D eigenvalue weighted by atomic mass is 16.5. The maximum Gasteiger partial charge on any atom is 0.249 e. The lowest BCUT2D eigenvalue weighted by molar-refractivity contribution is -0.117. The topological polar surface area (TPSA) is 99.4 Å². The molecule has 0 aliphatic carbocycles. The van der Waals surface area contributed by atoms with Crippen LogP contribution < -0.4 is 14.8 Å². The first kappa shape index (κ1) is 21.0. The fourth-order valence-corrected chi connectivity index (χ4v) is 2.81. The van der Waals surface area contributed by atoms with Gasteiger partial charge in [0.15, 0.2) is 0 Å². The monoisotopic (exact) mass is 408 g/mol. The Hall–Kier alpha value is -3.68. The van der Waals surface area contributed by atoms with Gasteiger partial charge in [0, 0.05) is 35.7 Å². The zero-order chi connectivity index (χ0) is 21.5. The number of hydrogen-bond acceptors (Lipinski definition) is 7. The van der Waals surface area contributed by atoms with Crippen molar-refractivity contribution in [2.24, 2.45) is 5.92 Å². The number of pyridine rings is 1. The van der Waals surface area contributed by atoms with Gasteiger partial charge in [-0.05, 0) is 36.3 Å². The molecule has 8 nitrogen and oxygen atoms in total. The van der Waals surface area contributed by atoms with Crippen LogP contribution in [0.1, 0.15) is 31.3 Å². The van der Waals surface area contributed by atoms with E-state index in [1.807, 2.05) is 26.0 Å². The van der Waals surface area contributed by atoms with Crippen molar-refractivity contribution in [2.75, 3.05) is 14.2 Å². The van der Waals surface area contributed by atoms with Crippen LogP contribution in [0.3, 0.4) is 0 Å². The standard InChI is InChI=1S/C22H24N4O4/c1-14(2)20(22-25-21(26-30-22)16-6-5-11-23-13-16)24-19(27)10-8-15-7-9-17(28-3)12-18(15)29-4/h5-14,20H,1-4H3,(H,24,27)/b10-8+. The van der Waals surface area contributed by atoms with E-state index in [4.69, 9.17) is 14.0 Å². The van der Waals surface area contributed by atoms with E-state index in [1.165, 1.54) is 6.08 Å². The van der Waals surface area contributed by atoms with Crippen molar-refractivity contribution >= 4 is 12.0 Å². The summed E-state index contributed by atoms with van der Waals surface area (Å²) in [6, 6.07) is 8.58. The van der Waals surface area contributed by atoms with Gasteiger partial charge in [-0.25, -0.2) is 0 Å². The van der Waals surface area contributed by atoms with Gasteiger partial charge in [-0.1, -0.05) is 19.0 Å². The van der Waals surface area contributed by atoms with E-state index >= 15 is 0 Å². The Kier molecular flexibility index (Phi) is 6.79. The Morgan fingerprint density at radius 3 is 2.70 bits per heavy atom. The average Bonchev–Trinajstić information content (AvgIpc) is 3.26. The molecule has 1 aromatic carbocycles. The third-order valence-electron chi connectivity index (χ3n) is 4.45. The van der Waals surface area contributed by atoms with Crippen LogP contribution >= 0.6 is 0 Å². The summed E-state index contributed by atoms with van der Waals surface area (Å²) < 4.78 is 15.9. The summed E-state index contributed by atoms with van der Waals surface area (Å²) in [5.41, 5.74) is 1.50. The highest BCUT2D eigenvalue weighted by molar-refractivity contribution is 5.92. The van der Waals surface area contributed by atoms with Gasteiger partial charge in [-0.3, -0.25) is 9.78 Å². The van der Waals surface area contributed by atoms with Crippen LogP contribution in [0.5, 0.6) is 11.5 Å². The molecule has 0 saturated heterocycles. The van der Waals surface area contributed by atoms with Crippen molar-refractivity contribution in [3.05, 3.63) is 60.3 Å². The summed E-state index contributed by atoms with van der Waals surface area (Å²) in [4.78, 5) is 21.0. The number of benzene rings is 1. The number of carbonyl (C=O) groups is 1. The molecule has 1 N–H and O–H groups in total. The minimum absolute atomic E-state index is 0.0417. The first-order valence-electron chi connectivity index (χ1n) is 9.46. The molecule has 0 fully saturated rings. The highest BCUT2D eigenvalue weighted by Crippen LogP contribution is 2.26. The van der Waals surface area contributed by atoms with E-state index in [2.05, 4.69) is 20.4 Å². The minimum Gasteiger partial charge on any atom is -0.497 e. The molecule has 0 aliphatic heterocycles. The summed E-state index contributed by atoms with van der Waals surface area (Å²) in [7, 11) is 3.15. The van der Waals surface area contributed by atoms with Crippen molar-refractivity contribution in [1.29, 1.82) is 0 Å². The van der Waals surface area contributed by atoms with Crippen molar-refractivity contribution in [1.82, 2.24) is 20.4 Å². The number of nitrogens with zero attached hydrogens (tertiary/aromatic N) is 3. The third-order valence-corrected chi connectivity index (χ3v) is 4.45. The molecular formula is C22H24N4O4.